The van der Waals surface area contributed by atoms with Crippen molar-refractivity contribution in [1.82, 2.24) is 4.90 Å². The van der Waals surface area contributed by atoms with Gasteiger partial charge >= 0.3 is 0 Å². The first-order chi connectivity index (χ1) is 6.24. The molecule has 1 N–H and O–H groups in total. The molecular weight excluding hydrogens is 234 g/mol. The van der Waals surface area contributed by atoms with Crippen molar-refractivity contribution in [2.45, 2.75) is 19.1 Å². The van der Waals surface area contributed by atoms with Gasteiger partial charge < -0.3 is 9.52 Å². The van der Waals surface area contributed by atoms with Gasteiger partial charge in [0.2, 0.25) is 0 Å². The molecule has 0 bridgehead atoms. The van der Waals surface area contributed by atoms with Crippen LogP contribution in [-0.2, 0) is 6.54 Å². The van der Waals surface area contributed by atoms with Crippen LogP contribution >= 0.6 is 15.9 Å². The van der Waals surface area contributed by atoms with E-state index in [1.165, 1.54) is 0 Å². The molecule has 4 heteroatoms. The Morgan fingerprint density at radius 2 is 2.46 bits per heavy atom. The van der Waals surface area contributed by atoms with Crippen LogP contribution in [0.5, 0.6) is 0 Å². The van der Waals surface area contributed by atoms with E-state index in [-0.39, 0.29) is 6.10 Å². The summed E-state index contributed by atoms with van der Waals surface area (Å²) in [5, 5.41) is 9.30. The Morgan fingerprint density at radius 3 is 3.00 bits per heavy atom. The van der Waals surface area contributed by atoms with Crippen LogP contribution < -0.4 is 0 Å². The van der Waals surface area contributed by atoms with Crippen LogP contribution in [0.3, 0.4) is 0 Å². The summed E-state index contributed by atoms with van der Waals surface area (Å²) in [7, 11) is 0. The molecule has 0 amide bonds. The van der Waals surface area contributed by atoms with E-state index in [9.17, 15) is 5.11 Å². The average molecular weight is 246 g/mol. The van der Waals surface area contributed by atoms with E-state index in [0.29, 0.717) is 0 Å². The van der Waals surface area contributed by atoms with Crippen molar-refractivity contribution < 1.29 is 9.52 Å². The number of halogens is 1. The Morgan fingerprint density at radius 1 is 1.62 bits per heavy atom. The first kappa shape index (κ1) is 9.24. The Kier molecular flexibility index (Phi) is 2.71. The molecule has 1 aromatic rings. The molecule has 2 heterocycles. The summed E-state index contributed by atoms with van der Waals surface area (Å²) in [6.07, 6.45) is 0.723. The molecule has 0 unspecified atom stereocenters. The molecule has 1 aliphatic rings. The third-order valence-corrected chi connectivity index (χ3v) is 2.68. The second-order valence-corrected chi connectivity index (χ2v) is 4.17. The molecule has 13 heavy (non-hydrogen) atoms. The zero-order valence-electron chi connectivity index (χ0n) is 7.24. The van der Waals surface area contributed by atoms with Crippen LogP contribution in [-0.4, -0.2) is 29.2 Å². The SMILES string of the molecule is O[C@H]1CCN(Cc2ccc(Br)o2)C1. The van der Waals surface area contributed by atoms with Crippen molar-refractivity contribution in [3.05, 3.63) is 22.6 Å². The minimum absolute atomic E-state index is 0.154. The molecular formula is C9H12BrNO2. The molecule has 1 aromatic heterocycles. The molecule has 0 spiro atoms. The van der Waals surface area contributed by atoms with Crippen molar-refractivity contribution >= 4 is 15.9 Å². The lowest BCUT2D eigenvalue weighted by atomic mass is 10.3. The Bertz CT molecular complexity index is 287. The van der Waals surface area contributed by atoms with Crippen LogP contribution in [0, 0.1) is 0 Å². The fourth-order valence-corrected chi connectivity index (χ4v) is 1.95. The van der Waals surface area contributed by atoms with E-state index in [1.54, 1.807) is 0 Å². The Hall–Kier alpha value is -0.320. The number of likely N-dealkylation sites (tertiary alicyclic amines) is 1. The number of aliphatic hydroxyl groups is 1. The van der Waals surface area contributed by atoms with Gasteiger partial charge in [-0.2, -0.15) is 0 Å². The van der Waals surface area contributed by atoms with Crippen molar-refractivity contribution in [2.75, 3.05) is 13.1 Å². The third kappa shape index (κ3) is 2.33. The lowest BCUT2D eigenvalue weighted by Crippen LogP contribution is -2.21. The normalized spacial score (nSPS) is 24.0. The minimum atomic E-state index is -0.154. The number of rotatable bonds is 2. The van der Waals surface area contributed by atoms with Crippen molar-refractivity contribution in [1.29, 1.82) is 0 Å². The molecule has 1 aliphatic heterocycles. The molecule has 3 nitrogen and oxygen atoms in total. The minimum Gasteiger partial charge on any atom is -0.453 e. The van der Waals surface area contributed by atoms with Gasteiger partial charge in [-0.25, -0.2) is 0 Å². The highest BCUT2D eigenvalue weighted by Gasteiger charge is 2.20. The number of β-amino-alcohol motifs (C(OH)–C–C–N with tert-alkyl or cyclic N) is 1. The van der Waals surface area contributed by atoms with E-state index in [1.807, 2.05) is 12.1 Å². The van der Waals surface area contributed by atoms with Gasteiger partial charge in [0.15, 0.2) is 4.67 Å². The van der Waals surface area contributed by atoms with Gasteiger partial charge in [-0.15, -0.1) is 0 Å². The van der Waals surface area contributed by atoms with E-state index >= 15 is 0 Å². The predicted octanol–water partition coefficient (Wildman–Crippen LogP) is 1.61. The van der Waals surface area contributed by atoms with Crippen molar-refractivity contribution in [2.24, 2.45) is 0 Å². The molecule has 0 aromatic carbocycles. The van der Waals surface area contributed by atoms with Gasteiger partial charge in [0.05, 0.1) is 12.6 Å². The van der Waals surface area contributed by atoms with Crippen LogP contribution in [0.1, 0.15) is 12.2 Å². The summed E-state index contributed by atoms with van der Waals surface area (Å²) in [6.45, 7) is 2.51. The maximum Gasteiger partial charge on any atom is 0.169 e. The third-order valence-electron chi connectivity index (χ3n) is 2.26. The van der Waals surface area contributed by atoms with Crippen LogP contribution in [0.2, 0.25) is 0 Å². The highest BCUT2D eigenvalue weighted by Crippen LogP contribution is 2.18. The van der Waals surface area contributed by atoms with Crippen molar-refractivity contribution in [3.63, 3.8) is 0 Å². The highest BCUT2D eigenvalue weighted by atomic mass is 79.9. The molecule has 0 saturated carbocycles. The van der Waals surface area contributed by atoms with Gasteiger partial charge in [-0.1, -0.05) is 0 Å². The fourth-order valence-electron chi connectivity index (χ4n) is 1.61. The molecule has 1 saturated heterocycles. The highest BCUT2D eigenvalue weighted by molar-refractivity contribution is 9.10. The number of nitrogens with zero attached hydrogens (tertiary/aromatic N) is 1. The summed E-state index contributed by atoms with van der Waals surface area (Å²) in [4.78, 5) is 2.19. The molecule has 1 atom stereocenters. The summed E-state index contributed by atoms with van der Waals surface area (Å²) in [5.41, 5.74) is 0. The van der Waals surface area contributed by atoms with E-state index < -0.39 is 0 Å². The largest absolute Gasteiger partial charge is 0.453 e. The summed E-state index contributed by atoms with van der Waals surface area (Å²) < 4.78 is 6.14. The van der Waals surface area contributed by atoms with Crippen LogP contribution in [0.15, 0.2) is 21.2 Å². The number of aliphatic hydroxyl groups excluding tert-OH is 1. The summed E-state index contributed by atoms with van der Waals surface area (Å²) in [6, 6.07) is 3.84. The summed E-state index contributed by atoms with van der Waals surface area (Å²) in [5.74, 6) is 0.945. The van der Waals surface area contributed by atoms with Crippen LogP contribution in [0.25, 0.3) is 0 Å². The topological polar surface area (TPSA) is 36.6 Å². The molecule has 0 aliphatic carbocycles. The van der Waals surface area contributed by atoms with E-state index in [2.05, 4.69) is 20.8 Å². The summed E-state index contributed by atoms with van der Waals surface area (Å²) >= 11 is 3.26. The van der Waals surface area contributed by atoms with E-state index in [4.69, 9.17) is 4.42 Å². The molecule has 72 valence electrons. The zero-order valence-corrected chi connectivity index (χ0v) is 8.83. The second kappa shape index (κ2) is 3.82. The lowest BCUT2D eigenvalue weighted by Gasteiger charge is -2.11. The maximum atomic E-state index is 9.30. The van der Waals surface area contributed by atoms with Crippen molar-refractivity contribution in [3.8, 4) is 0 Å². The monoisotopic (exact) mass is 245 g/mol. The maximum absolute atomic E-state index is 9.30. The van der Waals surface area contributed by atoms with Gasteiger partial charge in [0, 0.05) is 13.1 Å². The van der Waals surface area contributed by atoms with Gasteiger partial charge in [0.25, 0.3) is 0 Å². The predicted molar refractivity (Wildman–Crippen MR) is 52.3 cm³/mol. The number of furan rings is 1. The zero-order chi connectivity index (χ0) is 9.26. The quantitative estimate of drug-likeness (QED) is 0.861. The Balaban J connectivity index is 1.91. The smallest absolute Gasteiger partial charge is 0.169 e. The number of hydrogen-bond donors (Lipinski definition) is 1. The first-order valence-electron chi connectivity index (χ1n) is 4.38. The fraction of sp³-hybridized carbons (Fsp3) is 0.556. The van der Waals surface area contributed by atoms with Crippen LogP contribution in [0.4, 0.5) is 0 Å². The average Bonchev–Trinajstić information content (AvgIpc) is 2.62. The van der Waals surface area contributed by atoms with E-state index in [0.717, 1.165) is 36.5 Å². The number of hydrogen-bond acceptors (Lipinski definition) is 3. The molecule has 0 radical (unpaired) electrons. The van der Waals surface area contributed by atoms with Gasteiger partial charge in [-0.3, -0.25) is 4.90 Å². The second-order valence-electron chi connectivity index (χ2n) is 3.38. The lowest BCUT2D eigenvalue weighted by molar-refractivity contribution is 0.172. The first-order valence-corrected chi connectivity index (χ1v) is 5.18. The van der Waals surface area contributed by atoms with Gasteiger partial charge in [-0.05, 0) is 34.5 Å². The molecule has 1 fully saturated rings. The van der Waals surface area contributed by atoms with Gasteiger partial charge in [0.1, 0.15) is 5.76 Å². The standard InChI is InChI=1S/C9H12BrNO2/c10-9-2-1-8(13-9)6-11-4-3-7(12)5-11/h1-2,7,12H,3-6H2/t7-/m0/s1. The molecule has 2 rings (SSSR count). The Labute approximate surface area is 85.5 Å².